The predicted molar refractivity (Wildman–Crippen MR) is 62.8 cm³/mol. The molecule has 2 heterocycles. The van der Waals surface area contributed by atoms with Crippen LogP contribution in [0.3, 0.4) is 0 Å². The number of nitrogens with zero attached hydrogens (tertiary/aromatic N) is 2. The van der Waals surface area contributed by atoms with Gasteiger partial charge >= 0.3 is 0 Å². The maximum Gasteiger partial charge on any atom is 0.131 e. The maximum atomic E-state index is 5.66. The summed E-state index contributed by atoms with van der Waals surface area (Å²) in [5, 5.41) is 0.687. The van der Waals surface area contributed by atoms with Gasteiger partial charge < -0.3 is 10.6 Å². The summed E-state index contributed by atoms with van der Waals surface area (Å²) < 4.78 is 0. The Balaban J connectivity index is 2.14. The van der Waals surface area contributed by atoms with E-state index in [1.807, 2.05) is 30.0 Å². The van der Waals surface area contributed by atoms with E-state index in [1.54, 1.807) is 0 Å². The van der Waals surface area contributed by atoms with Crippen LogP contribution < -0.4 is 10.6 Å². The topological polar surface area (TPSA) is 42.1 Å². The molecule has 4 heteroatoms. The van der Waals surface area contributed by atoms with Gasteiger partial charge in [0.25, 0.3) is 0 Å². The van der Waals surface area contributed by atoms with E-state index in [0.717, 1.165) is 18.9 Å². The van der Waals surface area contributed by atoms with Crippen molar-refractivity contribution in [1.29, 1.82) is 0 Å². The Morgan fingerprint density at radius 3 is 3.14 bits per heavy atom. The van der Waals surface area contributed by atoms with E-state index in [2.05, 4.69) is 16.8 Å². The maximum absolute atomic E-state index is 5.66. The molecule has 0 aliphatic carbocycles. The number of rotatable bonds is 1. The van der Waals surface area contributed by atoms with Gasteiger partial charge in [-0.25, -0.2) is 4.98 Å². The molecule has 1 atom stereocenters. The van der Waals surface area contributed by atoms with Crippen molar-refractivity contribution in [2.45, 2.75) is 12.2 Å². The molecule has 0 radical (unpaired) electrons. The Bertz CT molecular complexity index is 316. The Kier molecular flexibility index (Phi) is 2.82. The third-order valence-corrected chi connectivity index (χ3v) is 3.46. The Hall–Kier alpha value is -0.900. The summed E-state index contributed by atoms with van der Waals surface area (Å²) in [4.78, 5) is 6.63. The Morgan fingerprint density at radius 2 is 2.43 bits per heavy atom. The quantitative estimate of drug-likeness (QED) is 0.763. The number of hydrogen-bond donors (Lipinski definition) is 1. The first-order valence-corrected chi connectivity index (χ1v) is 5.89. The van der Waals surface area contributed by atoms with Crippen LogP contribution in [-0.2, 0) is 0 Å². The highest BCUT2D eigenvalue weighted by molar-refractivity contribution is 8.00. The minimum absolute atomic E-state index is 0.605. The van der Waals surface area contributed by atoms with Crippen LogP contribution in [0.4, 0.5) is 11.6 Å². The van der Waals surface area contributed by atoms with E-state index in [9.17, 15) is 0 Å². The molecule has 0 aromatic carbocycles. The summed E-state index contributed by atoms with van der Waals surface area (Å²) in [6.07, 6.45) is 0. The fourth-order valence-electron chi connectivity index (χ4n) is 1.64. The second-order valence-corrected chi connectivity index (χ2v) is 5.09. The summed E-state index contributed by atoms with van der Waals surface area (Å²) in [6, 6.07) is 5.81. The second-order valence-electron chi connectivity index (χ2n) is 3.55. The first-order valence-electron chi connectivity index (χ1n) is 4.85. The fraction of sp³-hybridized carbons (Fsp3) is 0.500. The second kappa shape index (κ2) is 4.09. The van der Waals surface area contributed by atoms with E-state index in [4.69, 9.17) is 5.73 Å². The zero-order chi connectivity index (χ0) is 9.97. The normalized spacial score (nSPS) is 22.4. The van der Waals surface area contributed by atoms with Gasteiger partial charge in [-0.15, -0.1) is 0 Å². The van der Waals surface area contributed by atoms with Crippen molar-refractivity contribution in [3.8, 4) is 0 Å². The summed E-state index contributed by atoms with van der Waals surface area (Å²) in [5.74, 6) is 2.79. The Morgan fingerprint density at radius 1 is 1.57 bits per heavy atom. The van der Waals surface area contributed by atoms with Crippen LogP contribution in [0.25, 0.3) is 0 Å². The number of nitrogens with two attached hydrogens (primary N) is 1. The van der Waals surface area contributed by atoms with E-state index in [-0.39, 0.29) is 0 Å². The highest BCUT2D eigenvalue weighted by Gasteiger charge is 2.17. The minimum atomic E-state index is 0.605. The van der Waals surface area contributed by atoms with Crippen LogP contribution in [0.5, 0.6) is 0 Å². The van der Waals surface area contributed by atoms with Crippen LogP contribution >= 0.6 is 11.8 Å². The van der Waals surface area contributed by atoms with Crippen LogP contribution in [0.2, 0.25) is 0 Å². The van der Waals surface area contributed by atoms with Crippen molar-refractivity contribution in [1.82, 2.24) is 4.98 Å². The largest absolute Gasteiger partial charge is 0.384 e. The van der Waals surface area contributed by atoms with E-state index in [1.165, 1.54) is 5.75 Å². The third-order valence-electron chi connectivity index (χ3n) is 2.32. The summed E-state index contributed by atoms with van der Waals surface area (Å²) in [5.41, 5.74) is 5.66. The number of aromatic nitrogens is 1. The van der Waals surface area contributed by atoms with Crippen molar-refractivity contribution < 1.29 is 0 Å². The molecule has 0 amide bonds. The summed E-state index contributed by atoms with van der Waals surface area (Å²) >= 11 is 2.02. The molecule has 2 rings (SSSR count). The molecule has 1 aromatic rings. The highest BCUT2D eigenvalue weighted by atomic mass is 32.2. The van der Waals surface area contributed by atoms with Crippen molar-refractivity contribution in [2.75, 3.05) is 29.5 Å². The number of hydrogen-bond acceptors (Lipinski definition) is 4. The average Bonchev–Trinajstić information content (AvgIpc) is 2.18. The van der Waals surface area contributed by atoms with Gasteiger partial charge in [0.15, 0.2) is 0 Å². The van der Waals surface area contributed by atoms with Gasteiger partial charge in [0, 0.05) is 24.1 Å². The minimum Gasteiger partial charge on any atom is -0.384 e. The predicted octanol–water partition coefficient (Wildman–Crippen LogP) is 1.61. The molecule has 1 aliphatic rings. The van der Waals surface area contributed by atoms with Gasteiger partial charge in [-0.05, 0) is 12.1 Å². The standard InChI is InChI=1S/C10H15N3S/c1-8-7-13(5-6-14-8)10-4-2-3-9(11)12-10/h2-4,8H,5-7H2,1H3,(H2,11,12). The van der Waals surface area contributed by atoms with Gasteiger partial charge in [0.2, 0.25) is 0 Å². The van der Waals surface area contributed by atoms with Crippen molar-refractivity contribution >= 4 is 23.4 Å². The molecule has 1 aromatic heterocycles. The molecule has 1 unspecified atom stereocenters. The molecule has 3 nitrogen and oxygen atoms in total. The van der Waals surface area contributed by atoms with Gasteiger partial charge in [0.05, 0.1) is 0 Å². The molecule has 1 fully saturated rings. The molecule has 76 valence electrons. The lowest BCUT2D eigenvalue weighted by molar-refractivity contribution is 0.771. The van der Waals surface area contributed by atoms with Crippen LogP contribution in [0.1, 0.15) is 6.92 Å². The zero-order valence-electron chi connectivity index (χ0n) is 8.31. The molecule has 0 bridgehead atoms. The number of thioether (sulfide) groups is 1. The van der Waals surface area contributed by atoms with Crippen LogP contribution in [0, 0.1) is 0 Å². The summed E-state index contributed by atoms with van der Waals surface area (Å²) in [7, 11) is 0. The van der Waals surface area contributed by atoms with Gasteiger partial charge in [-0.3, -0.25) is 0 Å². The lowest BCUT2D eigenvalue weighted by Crippen LogP contribution is -2.37. The zero-order valence-corrected chi connectivity index (χ0v) is 9.13. The van der Waals surface area contributed by atoms with E-state index < -0.39 is 0 Å². The number of anilines is 2. The molecule has 0 saturated carbocycles. The first kappa shape index (κ1) is 9.65. The van der Waals surface area contributed by atoms with Crippen molar-refractivity contribution in [2.24, 2.45) is 0 Å². The number of nitrogen functional groups attached to an aromatic ring is 1. The average molecular weight is 209 g/mol. The van der Waals surface area contributed by atoms with Gasteiger partial charge in [0.1, 0.15) is 11.6 Å². The Labute approximate surface area is 88.7 Å². The van der Waals surface area contributed by atoms with Crippen LogP contribution in [-0.4, -0.2) is 29.1 Å². The van der Waals surface area contributed by atoms with Crippen LogP contribution in [0.15, 0.2) is 18.2 Å². The molecular weight excluding hydrogens is 194 g/mol. The monoisotopic (exact) mass is 209 g/mol. The molecule has 0 spiro atoms. The molecule has 1 aliphatic heterocycles. The van der Waals surface area contributed by atoms with E-state index >= 15 is 0 Å². The smallest absolute Gasteiger partial charge is 0.131 e. The highest BCUT2D eigenvalue weighted by Crippen LogP contribution is 2.22. The molecule has 1 saturated heterocycles. The molecular formula is C10H15N3S. The van der Waals surface area contributed by atoms with Crippen molar-refractivity contribution in [3.63, 3.8) is 0 Å². The number of pyridine rings is 1. The molecule has 2 N–H and O–H groups in total. The van der Waals surface area contributed by atoms with Gasteiger partial charge in [-0.2, -0.15) is 11.8 Å². The van der Waals surface area contributed by atoms with E-state index in [0.29, 0.717) is 11.1 Å². The lowest BCUT2D eigenvalue weighted by atomic mass is 10.3. The lowest BCUT2D eigenvalue weighted by Gasteiger charge is -2.31. The molecule has 14 heavy (non-hydrogen) atoms. The third kappa shape index (κ3) is 2.12. The SMILES string of the molecule is CC1CN(c2cccc(N)n2)CCS1. The van der Waals surface area contributed by atoms with Crippen molar-refractivity contribution in [3.05, 3.63) is 18.2 Å². The fourth-order valence-corrected chi connectivity index (χ4v) is 2.66. The first-order chi connectivity index (χ1) is 6.75. The van der Waals surface area contributed by atoms with Gasteiger partial charge in [-0.1, -0.05) is 13.0 Å². The summed E-state index contributed by atoms with van der Waals surface area (Å²) in [6.45, 7) is 4.40.